The van der Waals surface area contributed by atoms with Crippen molar-refractivity contribution >= 4 is 21.5 Å². The molecule has 7 nitrogen and oxygen atoms in total. The van der Waals surface area contributed by atoms with Gasteiger partial charge >= 0.3 is 5.97 Å². The van der Waals surface area contributed by atoms with Crippen molar-refractivity contribution in [2.75, 3.05) is 19.4 Å². The van der Waals surface area contributed by atoms with Crippen molar-refractivity contribution < 1.29 is 22.7 Å². The Hall–Kier alpha value is -3.20. The Morgan fingerprint density at radius 1 is 0.971 bits per heavy atom. The Morgan fingerprint density at radius 2 is 1.65 bits per heavy atom. The lowest BCUT2D eigenvalue weighted by atomic mass is 10.1. The normalized spacial score (nSPS) is 13.2. The highest BCUT2D eigenvalue weighted by Crippen LogP contribution is 2.31. The number of hydrogen-bond donors (Lipinski definition) is 0. The summed E-state index contributed by atoms with van der Waals surface area (Å²) in [5.41, 5.74) is 2.24. The molecule has 0 saturated carbocycles. The van der Waals surface area contributed by atoms with Crippen LogP contribution in [0.4, 0.5) is 5.69 Å². The molecule has 0 aromatic heterocycles. The molecule has 180 valence electrons. The third-order valence-electron chi connectivity index (χ3n) is 5.48. The van der Waals surface area contributed by atoms with Crippen molar-refractivity contribution in [3.63, 3.8) is 0 Å². The van der Waals surface area contributed by atoms with Crippen LogP contribution in [0.15, 0.2) is 77.7 Å². The van der Waals surface area contributed by atoms with Crippen LogP contribution in [0.5, 0.6) is 5.75 Å². The second kappa shape index (κ2) is 10.8. The van der Waals surface area contributed by atoms with Gasteiger partial charge in [-0.15, -0.1) is 0 Å². The van der Waals surface area contributed by atoms with Crippen LogP contribution in [-0.4, -0.2) is 33.8 Å². The highest BCUT2D eigenvalue weighted by molar-refractivity contribution is 7.90. The molecule has 0 amide bonds. The van der Waals surface area contributed by atoms with Crippen LogP contribution in [0.2, 0.25) is 0 Å². The van der Waals surface area contributed by atoms with Crippen molar-refractivity contribution in [2.24, 2.45) is 0 Å². The summed E-state index contributed by atoms with van der Waals surface area (Å²) in [7, 11) is -3.47. The zero-order valence-electron chi connectivity index (χ0n) is 19.6. The lowest BCUT2D eigenvalue weighted by Crippen LogP contribution is -2.42. The van der Waals surface area contributed by atoms with E-state index in [1.165, 1.54) is 12.1 Å². The topological polar surface area (TPSA) is 92.7 Å². The molecule has 1 unspecified atom stereocenters. The molecule has 0 bridgehead atoms. The van der Waals surface area contributed by atoms with E-state index in [1.54, 1.807) is 44.2 Å². The molecule has 3 aromatic carbocycles. The van der Waals surface area contributed by atoms with E-state index in [1.807, 2.05) is 30.3 Å². The van der Waals surface area contributed by atoms with Crippen molar-refractivity contribution in [3.8, 4) is 5.75 Å². The van der Waals surface area contributed by atoms with Gasteiger partial charge in [-0.1, -0.05) is 30.3 Å². The lowest BCUT2D eigenvalue weighted by molar-refractivity contribution is 0.0526. The standard InChI is InChI=1S/C26H29NO6S/c1-4-27(29,23-13-11-21(12-14-23)26(28)32-5-2)18-22-17-24(34(3,30)31)15-16-25(22)33-19-20-9-7-6-8-10-20/h6-17H,4-5,18-19H2,1-3H3. The first-order chi connectivity index (χ1) is 16.2. The van der Waals surface area contributed by atoms with E-state index in [9.17, 15) is 18.4 Å². The number of hydroxylamine groups is 2. The summed E-state index contributed by atoms with van der Waals surface area (Å²) >= 11 is 0. The van der Waals surface area contributed by atoms with Gasteiger partial charge in [-0.25, -0.2) is 13.2 Å². The molecule has 8 heteroatoms. The second-order valence-corrected chi connectivity index (χ2v) is 9.96. The van der Waals surface area contributed by atoms with E-state index < -0.39 is 20.5 Å². The smallest absolute Gasteiger partial charge is 0.338 e. The van der Waals surface area contributed by atoms with Gasteiger partial charge in [0.25, 0.3) is 0 Å². The number of quaternary nitrogens is 1. The van der Waals surface area contributed by atoms with Crippen molar-refractivity contribution in [3.05, 3.63) is 94.7 Å². The first-order valence-corrected chi connectivity index (χ1v) is 12.9. The predicted molar refractivity (Wildman–Crippen MR) is 132 cm³/mol. The molecule has 0 fully saturated rings. The summed E-state index contributed by atoms with van der Waals surface area (Å²) in [6, 6.07) is 20.5. The first kappa shape index (κ1) is 25.4. The summed E-state index contributed by atoms with van der Waals surface area (Å²) in [4.78, 5) is 12.1. The van der Waals surface area contributed by atoms with Crippen LogP contribution in [-0.2, 0) is 27.7 Å². The van der Waals surface area contributed by atoms with E-state index in [0.29, 0.717) is 22.6 Å². The second-order valence-electron chi connectivity index (χ2n) is 7.95. The minimum absolute atomic E-state index is 0.0390. The minimum atomic E-state index is -3.47. The molecule has 0 aliphatic heterocycles. The fourth-order valence-electron chi connectivity index (χ4n) is 3.53. The Labute approximate surface area is 200 Å². The van der Waals surface area contributed by atoms with E-state index in [0.717, 1.165) is 11.8 Å². The van der Waals surface area contributed by atoms with Gasteiger partial charge in [-0.05, 0) is 49.7 Å². The van der Waals surface area contributed by atoms with Gasteiger partial charge in [-0.3, -0.25) is 0 Å². The van der Waals surface area contributed by atoms with Crippen molar-refractivity contribution in [1.29, 1.82) is 0 Å². The molecule has 0 radical (unpaired) electrons. The van der Waals surface area contributed by atoms with Crippen LogP contribution >= 0.6 is 0 Å². The van der Waals surface area contributed by atoms with Gasteiger partial charge in [0.2, 0.25) is 0 Å². The lowest BCUT2D eigenvalue weighted by Gasteiger charge is -2.41. The summed E-state index contributed by atoms with van der Waals surface area (Å²) in [5, 5.41) is 13.9. The third kappa shape index (κ3) is 6.22. The summed E-state index contributed by atoms with van der Waals surface area (Å²) in [5.74, 6) is -0.00167. The quantitative estimate of drug-likeness (QED) is 0.232. The number of carbonyl (C=O) groups is 1. The predicted octanol–water partition coefficient (Wildman–Crippen LogP) is 4.87. The summed E-state index contributed by atoms with van der Waals surface area (Å²) in [6.07, 6.45) is 1.13. The molecule has 0 aliphatic rings. The molecule has 34 heavy (non-hydrogen) atoms. The largest absolute Gasteiger partial charge is 0.627 e. The van der Waals surface area contributed by atoms with Crippen LogP contribution < -0.4 is 9.38 Å². The minimum Gasteiger partial charge on any atom is -0.627 e. The van der Waals surface area contributed by atoms with Crippen molar-refractivity contribution in [1.82, 2.24) is 4.65 Å². The molecule has 0 N–H and O–H groups in total. The van der Waals surface area contributed by atoms with Gasteiger partial charge in [0, 0.05) is 18.4 Å². The number of hydrogen-bond acceptors (Lipinski definition) is 6. The number of benzene rings is 3. The van der Waals surface area contributed by atoms with Crippen LogP contribution in [0.25, 0.3) is 0 Å². The zero-order chi connectivity index (χ0) is 24.8. The summed E-state index contributed by atoms with van der Waals surface area (Å²) < 4.78 is 34.6. The number of nitrogens with zero attached hydrogens (tertiary/aromatic N) is 1. The third-order valence-corrected chi connectivity index (χ3v) is 6.59. The SMILES string of the molecule is CCOC(=O)c1ccc([N+]([O-])(CC)Cc2cc(S(C)(=O)=O)ccc2OCc2ccccc2)cc1. The van der Waals surface area contributed by atoms with Crippen LogP contribution in [0.3, 0.4) is 0 Å². The Morgan fingerprint density at radius 3 is 2.24 bits per heavy atom. The average molecular weight is 484 g/mol. The first-order valence-electron chi connectivity index (χ1n) is 11.0. The maximum absolute atomic E-state index is 13.9. The molecule has 0 aliphatic carbocycles. The summed E-state index contributed by atoms with van der Waals surface area (Å²) in [6.45, 7) is 4.19. The maximum atomic E-state index is 13.9. The Balaban J connectivity index is 1.94. The van der Waals surface area contributed by atoms with Crippen molar-refractivity contribution in [2.45, 2.75) is 31.9 Å². The molecular weight excluding hydrogens is 454 g/mol. The Bertz CT molecular complexity index is 1230. The van der Waals surface area contributed by atoms with Gasteiger partial charge in [0.15, 0.2) is 9.84 Å². The fourth-order valence-corrected chi connectivity index (χ4v) is 4.20. The molecular formula is C26H29NO6S. The maximum Gasteiger partial charge on any atom is 0.338 e. The van der Waals surface area contributed by atoms with E-state index in [4.69, 9.17) is 9.47 Å². The highest BCUT2D eigenvalue weighted by atomic mass is 32.2. The number of ether oxygens (including phenoxy) is 2. The highest BCUT2D eigenvalue weighted by Gasteiger charge is 2.23. The fraction of sp³-hybridized carbons (Fsp3) is 0.269. The average Bonchev–Trinajstić information content (AvgIpc) is 2.83. The molecule has 3 aromatic rings. The number of esters is 1. The molecule has 0 saturated heterocycles. The molecule has 0 heterocycles. The Kier molecular flexibility index (Phi) is 8.09. The van der Waals surface area contributed by atoms with Gasteiger partial charge in [0.05, 0.1) is 29.2 Å². The number of carbonyl (C=O) groups excluding carboxylic acids is 1. The van der Waals surface area contributed by atoms with Gasteiger partial charge in [-0.2, -0.15) is 0 Å². The molecule has 1 atom stereocenters. The van der Waals surface area contributed by atoms with Crippen LogP contribution in [0, 0.1) is 5.21 Å². The number of sulfone groups is 1. The van der Waals surface area contributed by atoms with E-state index in [-0.39, 0.29) is 31.2 Å². The zero-order valence-corrected chi connectivity index (χ0v) is 20.4. The van der Waals surface area contributed by atoms with Gasteiger partial charge < -0.3 is 19.3 Å². The van der Waals surface area contributed by atoms with Gasteiger partial charge in [0.1, 0.15) is 24.6 Å². The molecule has 3 rings (SSSR count). The monoisotopic (exact) mass is 483 g/mol. The van der Waals surface area contributed by atoms with E-state index in [2.05, 4.69) is 0 Å². The number of rotatable bonds is 10. The van der Waals surface area contributed by atoms with Crippen LogP contribution in [0.1, 0.15) is 35.3 Å². The molecule has 0 spiro atoms. The van der Waals surface area contributed by atoms with E-state index >= 15 is 0 Å².